The fourth-order valence-corrected chi connectivity index (χ4v) is 1.79. The van der Waals surface area contributed by atoms with E-state index in [1.165, 1.54) is 24.3 Å². The fraction of sp³-hybridized carbons (Fsp3) is 0.286. The van der Waals surface area contributed by atoms with E-state index in [0.29, 0.717) is 10.6 Å². The zero-order valence-corrected chi connectivity index (χ0v) is 12.0. The average Bonchev–Trinajstić information content (AvgIpc) is 2.85. The molecule has 0 radical (unpaired) electrons. The highest BCUT2D eigenvalue weighted by molar-refractivity contribution is 6.01. The van der Waals surface area contributed by atoms with Crippen LogP contribution in [0.15, 0.2) is 24.3 Å². The van der Waals surface area contributed by atoms with Crippen molar-refractivity contribution in [1.29, 1.82) is 0 Å². The van der Waals surface area contributed by atoms with Gasteiger partial charge in [-0.25, -0.2) is 4.79 Å². The van der Waals surface area contributed by atoms with Crippen LogP contribution >= 0.6 is 0 Å². The highest BCUT2D eigenvalue weighted by atomic mass is 16.8. The molecule has 9 heteroatoms. The molecule has 2 rings (SSSR count). The van der Waals surface area contributed by atoms with E-state index in [1.54, 1.807) is 0 Å². The van der Waals surface area contributed by atoms with Gasteiger partial charge in [-0.15, -0.1) is 0 Å². The van der Waals surface area contributed by atoms with Crippen molar-refractivity contribution in [3.8, 4) is 5.75 Å². The summed E-state index contributed by atoms with van der Waals surface area (Å²) >= 11 is 0. The zero-order valence-electron chi connectivity index (χ0n) is 12.0. The summed E-state index contributed by atoms with van der Waals surface area (Å²) in [5.74, 6) is -1.53. The standard InChI is InChI=1S/C14H14N2O7/c17-8-7-15-13(20)9-1-3-10(4-2-9)22-14(21)23-16-11(18)5-6-12(16)19/h1-4,17H,5-8H2,(H,15,20). The maximum absolute atomic E-state index is 11.6. The van der Waals surface area contributed by atoms with Crippen molar-refractivity contribution in [1.82, 2.24) is 10.4 Å². The number of nitrogens with one attached hydrogen (secondary N) is 1. The van der Waals surface area contributed by atoms with Gasteiger partial charge in [0.05, 0.1) is 6.61 Å². The normalized spacial score (nSPS) is 13.9. The Kier molecular flexibility index (Phi) is 5.26. The van der Waals surface area contributed by atoms with E-state index in [1.807, 2.05) is 0 Å². The molecule has 1 aromatic rings. The van der Waals surface area contributed by atoms with Gasteiger partial charge in [-0.05, 0) is 24.3 Å². The number of benzene rings is 1. The van der Waals surface area contributed by atoms with E-state index in [4.69, 9.17) is 9.84 Å². The number of ether oxygens (including phenoxy) is 1. The molecule has 23 heavy (non-hydrogen) atoms. The van der Waals surface area contributed by atoms with Crippen LogP contribution in [0.3, 0.4) is 0 Å². The summed E-state index contributed by atoms with van der Waals surface area (Å²) in [5, 5.41) is 11.5. The average molecular weight is 322 g/mol. The molecular formula is C14H14N2O7. The lowest BCUT2D eigenvalue weighted by atomic mass is 10.2. The summed E-state index contributed by atoms with van der Waals surface area (Å²) in [4.78, 5) is 50.2. The number of amides is 3. The molecule has 122 valence electrons. The highest BCUT2D eigenvalue weighted by Crippen LogP contribution is 2.16. The van der Waals surface area contributed by atoms with Crippen molar-refractivity contribution in [2.45, 2.75) is 12.8 Å². The monoisotopic (exact) mass is 322 g/mol. The zero-order chi connectivity index (χ0) is 16.8. The van der Waals surface area contributed by atoms with Gasteiger partial charge in [0.2, 0.25) is 0 Å². The molecular weight excluding hydrogens is 308 g/mol. The first-order valence-electron chi connectivity index (χ1n) is 6.76. The lowest BCUT2D eigenvalue weighted by molar-refractivity contribution is -0.174. The molecule has 0 spiro atoms. The minimum atomic E-state index is -1.23. The summed E-state index contributed by atoms with van der Waals surface area (Å²) in [7, 11) is 0. The third kappa shape index (κ3) is 4.27. The number of aliphatic hydroxyl groups is 1. The van der Waals surface area contributed by atoms with E-state index in [-0.39, 0.29) is 37.6 Å². The van der Waals surface area contributed by atoms with Crippen LogP contribution < -0.4 is 10.1 Å². The largest absolute Gasteiger partial charge is 0.539 e. The van der Waals surface area contributed by atoms with Crippen LogP contribution in [0.25, 0.3) is 0 Å². The number of rotatable bonds is 5. The van der Waals surface area contributed by atoms with Crippen LogP contribution in [-0.2, 0) is 14.4 Å². The second-order valence-electron chi connectivity index (χ2n) is 4.53. The van der Waals surface area contributed by atoms with Gasteiger partial charge in [-0.2, -0.15) is 0 Å². The first-order chi connectivity index (χ1) is 11.0. The lowest BCUT2D eigenvalue weighted by Gasteiger charge is -2.12. The van der Waals surface area contributed by atoms with Crippen molar-refractivity contribution in [3.05, 3.63) is 29.8 Å². The van der Waals surface area contributed by atoms with E-state index in [2.05, 4.69) is 10.2 Å². The molecule has 1 aliphatic heterocycles. The van der Waals surface area contributed by atoms with E-state index in [9.17, 15) is 19.2 Å². The van der Waals surface area contributed by atoms with Crippen molar-refractivity contribution in [2.75, 3.05) is 13.2 Å². The van der Waals surface area contributed by atoms with Gasteiger partial charge in [-0.1, -0.05) is 5.06 Å². The predicted molar refractivity (Wildman–Crippen MR) is 74.1 cm³/mol. The maximum atomic E-state index is 11.6. The summed E-state index contributed by atoms with van der Waals surface area (Å²) in [6, 6.07) is 5.51. The SMILES string of the molecule is O=C(Oc1ccc(C(=O)NCCO)cc1)ON1C(=O)CCC1=O. The smallest absolute Gasteiger partial charge is 0.395 e. The second-order valence-corrected chi connectivity index (χ2v) is 4.53. The van der Waals surface area contributed by atoms with Gasteiger partial charge in [-0.3, -0.25) is 19.2 Å². The number of hydrogen-bond donors (Lipinski definition) is 2. The number of aliphatic hydroxyl groups excluding tert-OH is 1. The van der Waals surface area contributed by atoms with Crippen molar-refractivity contribution in [2.24, 2.45) is 0 Å². The minimum Gasteiger partial charge on any atom is -0.395 e. The second kappa shape index (κ2) is 7.36. The molecule has 0 aromatic heterocycles. The quantitative estimate of drug-likeness (QED) is 0.444. The molecule has 0 unspecified atom stereocenters. The highest BCUT2D eigenvalue weighted by Gasteiger charge is 2.33. The van der Waals surface area contributed by atoms with E-state index >= 15 is 0 Å². The lowest BCUT2D eigenvalue weighted by Crippen LogP contribution is -2.33. The summed E-state index contributed by atoms with van der Waals surface area (Å²) in [6.07, 6.45) is -1.25. The van der Waals surface area contributed by atoms with Gasteiger partial charge >= 0.3 is 6.16 Å². The molecule has 1 saturated heterocycles. The molecule has 0 atom stereocenters. The molecule has 2 N–H and O–H groups in total. The molecule has 1 fully saturated rings. The Bertz CT molecular complexity index is 611. The first kappa shape index (κ1) is 16.4. The molecule has 1 aliphatic rings. The van der Waals surface area contributed by atoms with Crippen LogP contribution in [0.4, 0.5) is 4.79 Å². The Balaban J connectivity index is 1.90. The number of nitrogens with zero attached hydrogens (tertiary/aromatic N) is 1. The number of hydroxylamine groups is 2. The molecule has 9 nitrogen and oxygen atoms in total. The third-order valence-electron chi connectivity index (χ3n) is 2.89. The van der Waals surface area contributed by atoms with Gasteiger partial charge in [0, 0.05) is 24.9 Å². The Labute approximate surface area is 130 Å². The van der Waals surface area contributed by atoms with Gasteiger partial charge in [0.25, 0.3) is 17.7 Å². The molecule has 1 heterocycles. The Morgan fingerprint density at radius 3 is 2.30 bits per heavy atom. The topological polar surface area (TPSA) is 122 Å². The van der Waals surface area contributed by atoms with E-state index < -0.39 is 18.0 Å². The van der Waals surface area contributed by atoms with Crippen molar-refractivity contribution in [3.63, 3.8) is 0 Å². The van der Waals surface area contributed by atoms with Crippen molar-refractivity contribution >= 4 is 23.9 Å². The molecule has 0 saturated carbocycles. The summed E-state index contributed by atoms with van der Waals surface area (Å²) in [6.45, 7) is -0.0476. The van der Waals surface area contributed by atoms with Crippen LogP contribution in [0.1, 0.15) is 23.2 Å². The number of carbonyl (C=O) groups excluding carboxylic acids is 4. The number of imide groups is 1. The Hall–Kier alpha value is -2.94. The van der Waals surface area contributed by atoms with E-state index in [0.717, 1.165) is 0 Å². The summed E-state index contributed by atoms with van der Waals surface area (Å²) in [5.41, 5.74) is 0.309. The maximum Gasteiger partial charge on any atom is 0.539 e. The minimum absolute atomic E-state index is 0.0102. The molecule has 0 bridgehead atoms. The first-order valence-corrected chi connectivity index (χ1v) is 6.76. The Morgan fingerprint density at radius 2 is 1.74 bits per heavy atom. The summed E-state index contributed by atoms with van der Waals surface area (Å²) < 4.78 is 4.81. The molecule has 0 aliphatic carbocycles. The van der Waals surface area contributed by atoms with Crippen LogP contribution in [-0.4, -0.2) is 47.2 Å². The number of carbonyl (C=O) groups is 4. The van der Waals surface area contributed by atoms with Gasteiger partial charge < -0.3 is 15.2 Å². The van der Waals surface area contributed by atoms with Gasteiger partial charge in [0.1, 0.15) is 5.75 Å². The van der Waals surface area contributed by atoms with Gasteiger partial charge in [0.15, 0.2) is 0 Å². The van der Waals surface area contributed by atoms with Crippen LogP contribution in [0.5, 0.6) is 5.75 Å². The molecule has 3 amide bonds. The third-order valence-corrected chi connectivity index (χ3v) is 2.89. The predicted octanol–water partition coefficient (Wildman–Crippen LogP) is -0.0119. The Morgan fingerprint density at radius 1 is 1.13 bits per heavy atom. The van der Waals surface area contributed by atoms with Crippen LogP contribution in [0.2, 0.25) is 0 Å². The fourth-order valence-electron chi connectivity index (χ4n) is 1.79. The van der Waals surface area contributed by atoms with Crippen molar-refractivity contribution < 1.29 is 33.9 Å². The number of hydrogen-bond acceptors (Lipinski definition) is 7. The van der Waals surface area contributed by atoms with Crippen LogP contribution in [0, 0.1) is 0 Å². The molecule has 1 aromatic carbocycles.